The van der Waals surface area contributed by atoms with Gasteiger partial charge in [0.05, 0.1) is 23.1 Å². The molecule has 0 saturated carbocycles. The minimum absolute atomic E-state index is 0.00372. The smallest absolute Gasteiger partial charge is 0.417 e. The molecule has 0 bridgehead atoms. The van der Waals surface area contributed by atoms with Crippen LogP contribution >= 0.6 is 0 Å². The number of rotatable bonds is 6. The molecule has 0 aliphatic carbocycles. The average Bonchev–Trinajstić information content (AvgIpc) is 3.64. The van der Waals surface area contributed by atoms with E-state index in [9.17, 15) is 22.8 Å². The van der Waals surface area contributed by atoms with Gasteiger partial charge in [-0.2, -0.15) is 13.2 Å². The Morgan fingerprint density at radius 3 is 1.86 bits per heavy atom. The molecule has 6 rings (SSSR count). The molecule has 0 spiro atoms. The molecule has 3 heterocycles. The van der Waals surface area contributed by atoms with Crippen LogP contribution in [0.15, 0.2) is 85.1 Å². The zero-order chi connectivity index (χ0) is 30.3. The number of fused-ring (bicyclic) bond motifs is 2. The molecule has 8 nitrogen and oxygen atoms in total. The standard InChI is InChI=1S/C32H24F3N5O3/c1-36-30(41)19-5-3-17-11-28(39-26(17)13-19)23-9-7-21(15-24(23)32(33,34)35)43-22-8-10-25(38-16-22)29-12-18-4-6-20(31(42)37-2)14-27(18)40-29/h3-16,39-40H,1-2H3,(H,36,41)(H,37,42). The van der Waals surface area contributed by atoms with Gasteiger partial charge in [-0.05, 0) is 66.7 Å². The Bertz CT molecular complexity index is 2010. The SMILES string of the molecule is CNC(=O)c1ccc2cc(-c3ccc(Oc4ccc(-c5cc6ccc(C(=O)NC)cc6[nH]5)c(C(F)(F)F)c4)cn3)[nH]c2c1. The molecular weight excluding hydrogens is 559 g/mol. The Labute approximate surface area is 242 Å². The quantitative estimate of drug-likeness (QED) is 0.171. The second kappa shape index (κ2) is 10.7. The highest BCUT2D eigenvalue weighted by Crippen LogP contribution is 2.40. The van der Waals surface area contributed by atoms with Crippen LogP contribution in [0.3, 0.4) is 0 Å². The summed E-state index contributed by atoms with van der Waals surface area (Å²) in [5.74, 6) is -0.237. The van der Waals surface area contributed by atoms with Crippen molar-refractivity contribution in [3.8, 4) is 34.1 Å². The van der Waals surface area contributed by atoms with Crippen molar-refractivity contribution in [3.05, 3.63) is 102 Å². The van der Waals surface area contributed by atoms with Crippen LogP contribution in [0.4, 0.5) is 13.2 Å². The first kappa shape index (κ1) is 27.6. The molecule has 0 saturated heterocycles. The van der Waals surface area contributed by atoms with Crippen LogP contribution in [0.2, 0.25) is 0 Å². The molecule has 6 aromatic rings. The summed E-state index contributed by atoms with van der Waals surface area (Å²) >= 11 is 0. The number of halogens is 3. The first-order chi connectivity index (χ1) is 20.6. The van der Waals surface area contributed by atoms with Crippen molar-refractivity contribution in [2.45, 2.75) is 6.18 Å². The van der Waals surface area contributed by atoms with Crippen LogP contribution in [-0.4, -0.2) is 40.9 Å². The number of pyridine rings is 1. The molecular formula is C32H24F3N5O3. The molecule has 0 aliphatic rings. The van der Waals surface area contributed by atoms with E-state index in [0.717, 1.165) is 17.0 Å². The maximum absolute atomic E-state index is 14.2. The molecule has 216 valence electrons. The van der Waals surface area contributed by atoms with E-state index in [2.05, 4.69) is 25.6 Å². The lowest BCUT2D eigenvalue weighted by Crippen LogP contribution is -2.17. The van der Waals surface area contributed by atoms with E-state index in [-0.39, 0.29) is 34.6 Å². The first-order valence-electron chi connectivity index (χ1n) is 13.2. The van der Waals surface area contributed by atoms with E-state index >= 15 is 0 Å². The van der Waals surface area contributed by atoms with Gasteiger partial charge in [0.15, 0.2) is 0 Å². The Morgan fingerprint density at radius 2 is 1.30 bits per heavy atom. The number of amides is 2. The number of hydrogen-bond donors (Lipinski definition) is 4. The summed E-state index contributed by atoms with van der Waals surface area (Å²) in [7, 11) is 3.07. The minimum atomic E-state index is -4.66. The largest absolute Gasteiger partial charge is 0.456 e. The topological polar surface area (TPSA) is 112 Å². The van der Waals surface area contributed by atoms with E-state index in [1.54, 1.807) is 55.6 Å². The van der Waals surface area contributed by atoms with Crippen molar-refractivity contribution in [1.29, 1.82) is 0 Å². The van der Waals surface area contributed by atoms with Gasteiger partial charge in [-0.3, -0.25) is 14.6 Å². The second-order valence-corrected chi connectivity index (χ2v) is 9.81. The van der Waals surface area contributed by atoms with E-state index in [1.165, 1.54) is 25.4 Å². The molecule has 0 unspecified atom stereocenters. The van der Waals surface area contributed by atoms with Gasteiger partial charge in [0, 0.05) is 58.3 Å². The average molecular weight is 584 g/mol. The highest BCUT2D eigenvalue weighted by atomic mass is 19.4. The third-order valence-electron chi connectivity index (χ3n) is 7.06. The van der Waals surface area contributed by atoms with Gasteiger partial charge in [-0.25, -0.2) is 0 Å². The summed E-state index contributed by atoms with van der Waals surface area (Å²) < 4.78 is 48.3. The van der Waals surface area contributed by atoms with Crippen molar-refractivity contribution in [2.24, 2.45) is 0 Å². The van der Waals surface area contributed by atoms with E-state index in [4.69, 9.17) is 4.74 Å². The number of nitrogens with zero attached hydrogens (tertiary/aromatic N) is 1. The number of carbonyl (C=O) groups is 2. The van der Waals surface area contributed by atoms with Crippen molar-refractivity contribution in [2.75, 3.05) is 14.1 Å². The van der Waals surface area contributed by atoms with Gasteiger partial charge >= 0.3 is 6.18 Å². The number of aromatic nitrogens is 3. The van der Waals surface area contributed by atoms with Crippen LogP contribution in [0.25, 0.3) is 44.5 Å². The fourth-order valence-electron chi connectivity index (χ4n) is 4.90. The zero-order valence-electron chi connectivity index (χ0n) is 22.9. The maximum Gasteiger partial charge on any atom is 0.417 e. The number of benzene rings is 3. The first-order valence-corrected chi connectivity index (χ1v) is 13.2. The van der Waals surface area contributed by atoms with Crippen molar-refractivity contribution in [1.82, 2.24) is 25.6 Å². The van der Waals surface area contributed by atoms with Crippen LogP contribution in [-0.2, 0) is 6.18 Å². The van der Waals surface area contributed by atoms with Gasteiger partial charge in [0.25, 0.3) is 11.8 Å². The van der Waals surface area contributed by atoms with Crippen LogP contribution in [0, 0.1) is 0 Å². The molecule has 4 N–H and O–H groups in total. The number of nitrogens with one attached hydrogen (secondary N) is 4. The highest BCUT2D eigenvalue weighted by Gasteiger charge is 2.34. The summed E-state index contributed by atoms with van der Waals surface area (Å²) in [6.07, 6.45) is -3.23. The van der Waals surface area contributed by atoms with Crippen LogP contribution in [0.5, 0.6) is 11.5 Å². The molecule has 11 heteroatoms. The Hall–Kier alpha value is -5.58. The van der Waals surface area contributed by atoms with Crippen molar-refractivity contribution in [3.63, 3.8) is 0 Å². The Balaban J connectivity index is 1.26. The molecule has 3 aromatic heterocycles. The van der Waals surface area contributed by atoms with Gasteiger partial charge in [-0.1, -0.05) is 12.1 Å². The lowest BCUT2D eigenvalue weighted by atomic mass is 10.0. The number of carbonyl (C=O) groups excluding carboxylic acids is 2. The Morgan fingerprint density at radius 1 is 0.721 bits per heavy atom. The monoisotopic (exact) mass is 583 g/mol. The second-order valence-electron chi connectivity index (χ2n) is 9.81. The summed E-state index contributed by atoms with van der Waals surface area (Å²) in [5, 5.41) is 6.69. The number of ether oxygens (including phenoxy) is 1. The molecule has 43 heavy (non-hydrogen) atoms. The summed E-state index contributed by atoms with van der Waals surface area (Å²) in [5.41, 5.74) is 2.85. The molecule has 0 atom stereocenters. The van der Waals surface area contributed by atoms with Crippen molar-refractivity contribution < 1.29 is 27.5 Å². The number of hydrogen-bond acceptors (Lipinski definition) is 4. The number of alkyl halides is 3. The molecule has 0 radical (unpaired) electrons. The number of H-pyrrole nitrogens is 2. The molecule has 3 aromatic carbocycles. The van der Waals surface area contributed by atoms with E-state index in [1.807, 2.05) is 12.1 Å². The highest BCUT2D eigenvalue weighted by molar-refractivity contribution is 5.99. The Kier molecular flexibility index (Phi) is 6.85. The van der Waals surface area contributed by atoms with Crippen LogP contribution < -0.4 is 15.4 Å². The summed E-state index contributed by atoms with van der Waals surface area (Å²) in [6, 6.07) is 20.8. The lowest BCUT2D eigenvalue weighted by molar-refractivity contribution is -0.137. The van der Waals surface area contributed by atoms with Gasteiger partial charge in [0.1, 0.15) is 11.5 Å². The normalized spacial score (nSPS) is 11.6. The predicted molar refractivity (Wildman–Crippen MR) is 157 cm³/mol. The zero-order valence-corrected chi connectivity index (χ0v) is 22.9. The van der Waals surface area contributed by atoms with Gasteiger partial charge in [-0.15, -0.1) is 0 Å². The number of aromatic amines is 2. The molecule has 0 aliphatic heterocycles. The van der Waals surface area contributed by atoms with Gasteiger partial charge < -0.3 is 25.3 Å². The van der Waals surface area contributed by atoms with Crippen LogP contribution in [0.1, 0.15) is 26.3 Å². The lowest BCUT2D eigenvalue weighted by Gasteiger charge is -2.14. The summed E-state index contributed by atoms with van der Waals surface area (Å²) in [4.78, 5) is 34.6. The molecule has 0 fully saturated rings. The predicted octanol–water partition coefficient (Wildman–Crippen LogP) is 6.91. The third kappa shape index (κ3) is 5.40. The fraction of sp³-hybridized carbons (Fsp3) is 0.0938. The fourth-order valence-corrected chi connectivity index (χ4v) is 4.90. The summed E-state index contributed by atoms with van der Waals surface area (Å²) in [6.45, 7) is 0. The van der Waals surface area contributed by atoms with Crippen molar-refractivity contribution >= 4 is 33.6 Å². The minimum Gasteiger partial charge on any atom is -0.456 e. The third-order valence-corrected chi connectivity index (χ3v) is 7.06. The maximum atomic E-state index is 14.2. The van der Waals surface area contributed by atoms with E-state index < -0.39 is 11.7 Å². The molecule has 2 amide bonds. The van der Waals surface area contributed by atoms with Gasteiger partial charge in [0.2, 0.25) is 0 Å². The van der Waals surface area contributed by atoms with E-state index in [0.29, 0.717) is 33.4 Å².